The van der Waals surface area contributed by atoms with Crippen molar-refractivity contribution in [2.24, 2.45) is 0 Å². The first-order valence-electron chi connectivity index (χ1n) is 9.87. The van der Waals surface area contributed by atoms with E-state index in [9.17, 15) is 9.59 Å². The number of nitrogens with one attached hydrogen (secondary N) is 1. The van der Waals surface area contributed by atoms with Crippen molar-refractivity contribution in [2.75, 3.05) is 26.2 Å². The number of aromatic nitrogens is 2. The molecule has 1 aliphatic heterocycles. The zero-order valence-corrected chi connectivity index (χ0v) is 16.3. The van der Waals surface area contributed by atoms with Crippen LogP contribution in [0.1, 0.15) is 32.1 Å². The van der Waals surface area contributed by atoms with Gasteiger partial charge >= 0.3 is 0 Å². The lowest BCUT2D eigenvalue weighted by atomic mass is 9.94. The van der Waals surface area contributed by atoms with Crippen molar-refractivity contribution in [3.63, 3.8) is 0 Å². The minimum absolute atomic E-state index is 0.00241. The number of benzene rings is 1. The van der Waals surface area contributed by atoms with Crippen LogP contribution >= 0.6 is 12.2 Å². The van der Waals surface area contributed by atoms with E-state index in [0.717, 1.165) is 26.2 Å². The molecule has 7 heteroatoms. The Morgan fingerprint density at radius 3 is 2.52 bits per heavy atom. The molecule has 144 valence electrons. The van der Waals surface area contributed by atoms with E-state index < -0.39 is 0 Å². The highest BCUT2D eigenvalue weighted by Gasteiger charge is 2.27. The lowest BCUT2D eigenvalue weighted by molar-refractivity contribution is -0.134. The van der Waals surface area contributed by atoms with E-state index in [1.165, 1.54) is 36.7 Å². The normalized spacial score (nSPS) is 19.5. The van der Waals surface area contributed by atoms with Gasteiger partial charge in [-0.15, -0.1) is 0 Å². The summed E-state index contributed by atoms with van der Waals surface area (Å²) in [5, 5.41) is 0.556. The molecule has 0 radical (unpaired) electrons. The molecular formula is C20H26N4O2S. The molecule has 27 heavy (non-hydrogen) atoms. The van der Waals surface area contributed by atoms with E-state index in [-0.39, 0.29) is 18.0 Å². The number of amides is 1. The van der Waals surface area contributed by atoms with E-state index in [4.69, 9.17) is 12.2 Å². The maximum atomic E-state index is 12.8. The Morgan fingerprint density at radius 2 is 1.78 bits per heavy atom. The van der Waals surface area contributed by atoms with E-state index in [1.807, 2.05) is 23.1 Å². The Kier molecular flexibility index (Phi) is 5.41. The molecule has 6 nitrogen and oxygen atoms in total. The van der Waals surface area contributed by atoms with E-state index in [0.29, 0.717) is 21.7 Å². The summed E-state index contributed by atoms with van der Waals surface area (Å²) in [4.78, 5) is 33.0. The summed E-state index contributed by atoms with van der Waals surface area (Å²) < 4.78 is 1.68. The highest BCUT2D eigenvalue weighted by atomic mass is 32.1. The number of hydrogen-bond acceptors (Lipinski definition) is 4. The number of piperazine rings is 1. The number of H-pyrrole nitrogens is 1. The standard InChI is InChI=1S/C20H26N4O2S/c25-18(23-12-10-22(11-13-23)15-6-2-1-3-7-15)14-24-19(26)16-8-4-5-9-17(16)21-20(24)27/h4-5,8-9,15H,1-3,6-7,10-14H2,(H,21,27). The van der Waals surface area contributed by atoms with Crippen LogP contribution < -0.4 is 5.56 Å². The van der Waals surface area contributed by atoms with Gasteiger partial charge in [0, 0.05) is 32.2 Å². The lowest BCUT2D eigenvalue weighted by Gasteiger charge is -2.40. The highest BCUT2D eigenvalue weighted by Crippen LogP contribution is 2.23. The summed E-state index contributed by atoms with van der Waals surface area (Å²) in [7, 11) is 0. The second-order valence-corrected chi connectivity index (χ2v) is 7.96. The number of nitrogens with zero attached hydrogens (tertiary/aromatic N) is 3. The third-order valence-corrected chi connectivity index (χ3v) is 6.26. The maximum Gasteiger partial charge on any atom is 0.262 e. The van der Waals surface area contributed by atoms with Crippen LogP contribution in [0.15, 0.2) is 29.1 Å². The SMILES string of the molecule is O=C(Cn1c(=S)[nH]c2ccccc2c1=O)N1CCN(C2CCCCC2)CC1. The van der Waals surface area contributed by atoms with Crippen LogP contribution in [-0.2, 0) is 11.3 Å². The zero-order chi connectivity index (χ0) is 18.8. The van der Waals surface area contributed by atoms with Crippen molar-refractivity contribution in [3.8, 4) is 0 Å². The van der Waals surface area contributed by atoms with E-state index in [1.54, 1.807) is 6.07 Å². The van der Waals surface area contributed by atoms with Crippen LogP contribution in [0, 0.1) is 4.77 Å². The molecule has 4 rings (SSSR count). The van der Waals surface area contributed by atoms with Crippen molar-refractivity contribution >= 4 is 29.0 Å². The first kappa shape index (κ1) is 18.4. The average molecular weight is 387 g/mol. The summed E-state index contributed by atoms with van der Waals surface area (Å²) >= 11 is 5.32. The second kappa shape index (κ2) is 7.94. The van der Waals surface area contributed by atoms with Gasteiger partial charge in [0.05, 0.1) is 10.9 Å². The van der Waals surface area contributed by atoms with E-state index >= 15 is 0 Å². The number of hydrogen-bond donors (Lipinski definition) is 1. The molecule has 1 N–H and O–H groups in total. The summed E-state index contributed by atoms with van der Waals surface area (Å²) in [6.45, 7) is 3.32. The Morgan fingerprint density at radius 1 is 1.07 bits per heavy atom. The molecule has 0 unspecified atom stereocenters. The lowest BCUT2D eigenvalue weighted by Crippen LogP contribution is -2.53. The molecule has 2 heterocycles. The van der Waals surface area contributed by atoms with Gasteiger partial charge in [0.25, 0.3) is 5.56 Å². The van der Waals surface area contributed by atoms with Crippen molar-refractivity contribution < 1.29 is 4.79 Å². The highest BCUT2D eigenvalue weighted by molar-refractivity contribution is 7.71. The maximum absolute atomic E-state index is 12.8. The summed E-state index contributed by atoms with van der Waals surface area (Å²) in [6, 6.07) is 7.94. The van der Waals surface area contributed by atoms with Gasteiger partial charge in [0.1, 0.15) is 6.54 Å². The van der Waals surface area contributed by atoms with Gasteiger partial charge < -0.3 is 9.88 Å². The van der Waals surface area contributed by atoms with Crippen molar-refractivity contribution in [2.45, 2.75) is 44.7 Å². The van der Waals surface area contributed by atoms with Crippen LogP contribution in [0.5, 0.6) is 0 Å². The molecule has 1 aromatic carbocycles. The van der Waals surface area contributed by atoms with Gasteiger partial charge in [-0.05, 0) is 37.2 Å². The Labute approximate surface area is 163 Å². The molecular weight excluding hydrogens is 360 g/mol. The average Bonchev–Trinajstić information content (AvgIpc) is 2.72. The number of rotatable bonds is 3. The first-order chi connectivity index (χ1) is 13.1. The predicted octanol–water partition coefficient (Wildman–Crippen LogP) is 2.54. The molecule has 1 aromatic heterocycles. The minimum Gasteiger partial charge on any atom is -0.339 e. The molecule has 0 atom stereocenters. The van der Waals surface area contributed by atoms with Gasteiger partial charge in [-0.3, -0.25) is 19.1 Å². The molecule has 2 aliphatic rings. The smallest absolute Gasteiger partial charge is 0.262 e. The number of aromatic amines is 1. The molecule has 1 aliphatic carbocycles. The largest absolute Gasteiger partial charge is 0.339 e. The summed E-state index contributed by atoms with van der Waals surface area (Å²) in [5.74, 6) is -0.0322. The molecule has 2 aromatic rings. The number of fused-ring (bicyclic) bond motifs is 1. The van der Waals surface area contributed by atoms with Crippen molar-refractivity contribution in [3.05, 3.63) is 39.4 Å². The predicted molar refractivity (Wildman–Crippen MR) is 108 cm³/mol. The van der Waals surface area contributed by atoms with Crippen LogP contribution in [0.4, 0.5) is 0 Å². The van der Waals surface area contributed by atoms with Crippen molar-refractivity contribution in [1.29, 1.82) is 0 Å². The third kappa shape index (κ3) is 3.84. The molecule has 2 fully saturated rings. The van der Waals surface area contributed by atoms with Gasteiger partial charge in [0.15, 0.2) is 4.77 Å². The molecule has 0 bridgehead atoms. The molecule has 1 amide bonds. The van der Waals surface area contributed by atoms with Gasteiger partial charge in [-0.25, -0.2) is 0 Å². The minimum atomic E-state index is -0.205. The molecule has 1 saturated heterocycles. The van der Waals surface area contributed by atoms with Gasteiger partial charge in [0.2, 0.25) is 5.91 Å². The van der Waals surface area contributed by atoms with Gasteiger partial charge in [-0.1, -0.05) is 31.4 Å². The third-order valence-electron chi connectivity index (χ3n) is 5.94. The number of para-hydroxylation sites is 1. The number of carbonyl (C=O) groups excluding carboxylic acids is 1. The topological polar surface area (TPSA) is 61.3 Å². The first-order valence-corrected chi connectivity index (χ1v) is 10.3. The summed E-state index contributed by atoms with van der Waals surface area (Å²) in [6.07, 6.45) is 6.58. The van der Waals surface area contributed by atoms with Crippen LogP contribution in [0.3, 0.4) is 0 Å². The van der Waals surface area contributed by atoms with Crippen LogP contribution in [0.2, 0.25) is 0 Å². The summed E-state index contributed by atoms with van der Waals surface area (Å²) in [5.41, 5.74) is 0.501. The Bertz CT molecular complexity index is 937. The number of carbonyl (C=O) groups is 1. The van der Waals surface area contributed by atoms with Crippen LogP contribution in [-0.4, -0.2) is 57.5 Å². The Hall–Kier alpha value is -1.99. The monoisotopic (exact) mass is 386 g/mol. The van der Waals surface area contributed by atoms with Crippen LogP contribution in [0.25, 0.3) is 10.9 Å². The fourth-order valence-corrected chi connectivity index (χ4v) is 4.62. The zero-order valence-electron chi connectivity index (χ0n) is 15.5. The van der Waals surface area contributed by atoms with E-state index in [2.05, 4.69) is 9.88 Å². The quantitative estimate of drug-likeness (QED) is 0.824. The fourth-order valence-electron chi connectivity index (χ4n) is 4.36. The molecule has 1 saturated carbocycles. The second-order valence-electron chi connectivity index (χ2n) is 7.58. The fraction of sp³-hybridized carbons (Fsp3) is 0.550. The van der Waals surface area contributed by atoms with Gasteiger partial charge in [-0.2, -0.15) is 0 Å². The Balaban J connectivity index is 1.43. The molecule has 0 spiro atoms. The van der Waals surface area contributed by atoms with Crippen molar-refractivity contribution in [1.82, 2.24) is 19.4 Å².